The Hall–Kier alpha value is -1.26. The molecule has 1 aromatic rings. The van der Waals surface area contributed by atoms with Gasteiger partial charge in [0.25, 0.3) is 0 Å². The predicted octanol–water partition coefficient (Wildman–Crippen LogP) is 2.28. The number of hydrogen-bond donors (Lipinski definition) is 1. The van der Waals surface area contributed by atoms with Crippen LogP contribution >= 0.6 is 0 Å². The van der Waals surface area contributed by atoms with Crippen molar-refractivity contribution in [2.75, 3.05) is 33.0 Å². The molecule has 0 saturated carbocycles. The summed E-state index contributed by atoms with van der Waals surface area (Å²) in [5.74, 6) is 0.857. The van der Waals surface area contributed by atoms with Crippen LogP contribution in [0.1, 0.15) is 25.3 Å². The van der Waals surface area contributed by atoms with E-state index < -0.39 is 0 Å². The molecule has 0 spiro atoms. The number of piperidine rings is 1. The first kappa shape index (κ1) is 14.2. The average molecular weight is 264 g/mol. The summed E-state index contributed by atoms with van der Waals surface area (Å²) >= 11 is 0. The van der Waals surface area contributed by atoms with Crippen LogP contribution in [0.25, 0.3) is 0 Å². The molecule has 19 heavy (non-hydrogen) atoms. The van der Waals surface area contributed by atoms with Gasteiger partial charge in [0, 0.05) is 25.9 Å². The first-order valence-corrected chi connectivity index (χ1v) is 6.76. The molecule has 1 aliphatic heterocycles. The standard InChI is InChI=1S/C15H24N2O2/c1-15(19-3)7-4-8-17(11-15)10-12-9-13(18-2)5-6-14(12)16/h5-6,9H,4,7-8,10-11,16H2,1-3H3. The maximum atomic E-state index is 6.05. The third kappa shape index (κ3) is 3.39. The lowest BCUT2D eigenvalue weighted by molar-refractivity contribution is -0.0526. The van der Waals surface area contributed by atoms with Gasteiger partial charge in [0.05, 0.1) is 12.7 Å². The third-order valence-electron chi connectivity index (χ3n) is 3.97. The molecule has 4 nitrogen and oxygen atoms in total. The van der Waals surface area contributed by atoms with Gasteiger partial charge in [0.2, 0.25) is 0 Å². The molecule has 106 valence electrons. The lowest BCUT2D eigenvalue weighted by Gasteiger charge is -2.39. The summed E-state index contributed by atoms with van der Waals surface area (Å²) in [5.41, 5.74) is 7.96. The molecule has 2 rings (SSSR count). The van der Waals surface area contributed by atoms with Crippen LogP contribution in [0.4, 0.5) is 5.69 Å². The quantitative estimate of drug-likeness (QED) is 0.848. The topological polar surface area (TPSA) is 47.7 Å². The molecule has 0 aliphatic carbocycles. The Kier molecular flexibility index (Phi) is 4.32. The zero-order chi connectivity index (χ0) is 13.9. The predicted molar refractivity (Wildman–Crippen MR) is 77.3 cm³/mol. The van der Waals surface area contributed by atoms with E-state index in [0.29, 0.717) is 0 Å². The van der Waals surface area contributed by atoms with E-state index >= 15 is 0 Å². The number of ether oxygens (including phenoxy) is 2. The van der Waals surface area contributed by atoms with Crippen molar-refractivity contribution < 1.29 is 9.47 Å². The van der Waals surface area contributed by atoms with Gasteiger partial charge in [-0.15, -0.1) is 0 Å². The van der Waals surface area contributed by atoms with Crippen LogP contribution in [-0.4, -0.2) is 37.8 Å². The minimum atomic E-state index is -0.0358. The summed E-state index contributed by atoms with van der Waals surface area (Å²) in [7, 11) is 3.47. The van der Waals surface area contributed by atoms with Gasteiger partial charge < -0.3 is 15.2 Å². The zero-order valence-electron chi connectivity index (χ0n) is 12.1. The highest BCUT2D eigenvalue weighted by molar-refractivity contribution is 5.50. The molecule has 1 unspecified atom stereocenters. The Morgan fingerprint density at radius 1 is 1.37 bits per heavy atom. The highest BCUT2D eigenvalue weighted by Crippen LogP contribution is 2.27. The highest BCUT2D eigenvalue weighted by atomic mass is 16.5. The second kappa shape index (κ2) is 5.80. The zero-order valence-corrected chi connectivity index (χ0v) is 12.1. The molecule has 4 heteroatoms. The lowest BCUT2D eigenvalue weighted by atomic mass is 9.94. The molecule has 1 aliphatic rings. The first-order chi connectivity index (χ1) is 9.06. The fraction of sp³-hybridized carbons (Fsp3) is 0.600. The van der Waals surface area contributed by atoms with Crippen molar-refractivity contribution in [2.24, 2.45) is 0 Å². The van der Waals surface area contributed by atoms with Crippen molar-refractivity contribution in [3.63, 3.8) is 0 Å². The van der Waals surface area contributed by atoms with E-state index in [4.69, 9.17) is 15.2 Å². The third-order valence-corrected chi connectivity index (χ3v) is 3.97. The van der Waals surface area contributed by atoms with Crippen molar-refractivity contribution >= 4 is 5.69 Å². The summed E-state index contributed by atoms with van der Waals surface area (Å²) in [6.45, 7) is 5.06. The molecular formula is C15H24N2O2. The van der Waals surface area contributed by atoms with Crippen LogP contribution in [0.15, 0.2) is 18.2 Å². The number of nitrogens with zero attached hydrogens (tertiary/aromatic N) is 1. The van der Waals surface area contributed by atoms with Crippen molar-refractivity contribution in [3.8, 4) is 5.75 Å². The molecule has 0 radical (unpaired) electrons. The largest absolute Gasteiger partial charge is 0.497 e. The van der Waals surface area contributed by atoms with Crippen LogP contribution in [-0.2, 0) is 11.3 Å². The molecule has 2 N–H and O–H groups in total. The summed E-state index contributed by atoms with van der Waals surface area (Å²) in [6.07, 6.45) is 2.28. The molecular weight excluding hydrogens is 240 g/mol. The number of rotatable bonds is 4. The van der Waals surface area contributed by atoms with Gasteiger partial charge in [0.15, 0.2) is 0 Å². The maximum absolute atomic E-state index is 6.05. The maximum Gasteiger partial charge on any atom is 0.119 e. The monoisotopic (exact) mass is 264 g/mol. The van der Waals surface area contributed by atoms with Gasteiger partial charge in [-0.2, -0.15) is 0 Å². The van der Waals surface area contributed by atoms with Crippen LogP contribution < -0.4 is 10.5 Å². The van der Waals surface area contributed by atoms with Crippen molar-refractivity contribution in [1.29, 1.82) is 0 Å². The number of nitrogen functional groups attached to an aromatic ring is 1. The van der Waals surface area contributed by atoms with Crippen LogP contribution in [0.5, 0.6) is 5.75 Å². The normalized spacial score (nSPS) is 24.4. The van der Waals surface area contributed by atoms with Crippen LogP contribution in [0.2, 0.25) is 0 Å². The van der Waals surface area contributed by atoms with E-state index in [0.717, 1.165) is 49.5 Å². The summed E-state index contributed by atoms with van der Waals surface area (Å²) in [6, 6.07) is 5.83. The van der Waals surface area contributed by atoms with Crippen molar-refractivity contribution in [1.82, 2.24) is 4.90 Å². The number of hydrogen-bond acceptors (Lipinski definition) is 4. The average Bonchev–Trinajstić information content (AvgIpc) is 2.41. The smallest absolute Gasteiger partial charge is 0.119 e. The van der Waals surface area contributed by atoms with Gasteiger partial charge in [-0.05, 0) is 50.1 Å². The fourth-order valence-electron chi connectivity index (χ4n) is 2.70. The van der Waals surface area contributed by atoms with Gasteiger partial charge in [-0.25, -0.2) is 0 Å². The Morgan fingerprint density at radius 3 is 2.84 bits per heavy atom. The molecule has 1 aromatic carbocycles. The number of methoxy groups -OCH3 is 2. The number of benzene rings is 1. The Morgan fingerprint density at radius 2 is 2.16 bits per heavy atom. The molecule has 1 saturated heterocycles. The molecule has 0 bridgehead atoms. The van der Waals surface area contributed by atoms with Gasteiger partial charge in [-0.1, -0.05) is 0 Å². The highest BCUT2D eigenvalue weighted by Gasteiger charge is 2.30. The molecule has 1 atom stereocenters. The van der Waals surface area contributed by atoms with E-state index in [1.807, 2.05) is 18.2 Å². The minimum Gasteiger partial charge on any atom is -0.497 e. The SMILES string of the molecule is COc1ccc(N)c(CN2CCCC(C)(OC)C2)c1. The van der Waals surface area contributed by atoms with Crippen LogP contribution in [0.3, 0.4) is 0 Å². The number of likely N-dealkylation sites (tertiary alicyclic amines) is 1. The molecule has 0 amide bonds. The van der Waals surface area contributed by atoms with E-state index in [2.05, 4.69) is 11.8 Å². The molecule has 1 heterocycles. The van der Waals surface area contributed by atoms with Crippen molar-refractivity contribution in [3.05, 3.63) is 23.8 Å². The fourth-order valence-corrected chi connectivity index (χ4v) is 2.70. The second-order valence-corrected chi connectivity index (χ2v) is 5.53. The Bertz CT molecular complexity index is 436. The summed E-state index contributed by atoms with van der Waals surface area (Å²) < 4.78 is 10.9. The van der Waals surface area contributed by atoms with Gasteiger partial charge in [0.1, 0.15) is 5.75 Å². The lowest BCUT2D eigenvalue weighted by Crippen LogP contribution is -2.46. The van der Waals surface area contributed by atoms with E-state index in [1.165, 1.54) is 0 Å². The minimum absolute atomic E-state index is 0.0358. The van der Waals surface area contributed by atoms with E-state index in [-0.39, 0.29) is 5.60 Å². The summed E-state index contributed by atoms with van der Waals surface area (Å²) in [5, 5.41) is 0. The van der Waals surface area contributed by atoms with Crippen molar-refractivity contribution in [2.45, 2.75) is 31.9 Å². The summed E-state index contributed by atoms with van der Waals surface area (Å²) in [4.78, 5) is 2.40. The molecule has 1 fully saturated rings. The number of nitrogens with two attached hydrogens (primary N) is 1. The van der Waals surface area contributed by atoms with E-state index in [9.17, 15) is 0 Å². The van der Waals surface area contributed by atoms with E-state index in [1.54, 1.807) is 14.2 Å². The van der Waals surface area contributed by atoms with Gasteiger partial charge in [-0.3, -0.25) is 4.90 Å². The van der Waals surface area contributed by atoms with Gasteiger partial charge >= 0.3 is 0 Å². The Balaban J connectivity index is 2.08. The number of anilines is 1. The van der Waals surface area contributed by atoms with Crippen LogP contribution in [0, 0.1) is 0 Å². The second-order valence-electron chi connectivity index (χ2n) is 5.53. The molecule has 0 aromatic heterocycles. The first-order valence-electron chi connectivity index (χ1n) is 6.76. The Labute approximate surface area is 115 Å².